The number of fused-ring (bicyclic) bond motifs is 1. The number of pyridine rings is 1. The van der Waals surface area contributed by atoms with Gasteiger partial charge in [0.05, 0.1) is 0 Å². The molecule has 0 aliphatic carbocycles. The van der Waals surface area contributed by atoms with E-state index >= 15 is 0 Å². The molecule has 0 saturated heterocycles. The van der Waals surface area contributed by atoms with E-state index in [0.29, 0.717) is 5.88 Å². The van der Waals surface area contributed by atoms with Gasteiger partial charge >= 0.3 is 0 Å². The summed E-state index contributed by atoms with van der Waals surface area (Å²) in [5.74, 6) is 0.540. The number of hydrogen-bond acceptors (Lipinski definition) is 2. The summed E-state index contributed by atoms with van der Waals surface area (Å²) in [5.41, 5.74) is 1.08. The summed E-state index contributed by atoms with van der Waals surface area (Å²) < 4.78 is 0. The van der Waals surface area contributed by atoms with Crippen molar-refractivity contribution in [3.63, 3.8) is 0 Å². The third-order valence-corrected chi connectivity index (χ3v) is 2.66. The maximum Gasteiger partial charge on any atom is 0.123 e. The Hall–Kier alpha value is -0.600. The number of thiophene rings is 1. The second kappa shape index (κ2) is 2.80. The molecule has 0 aliphatic rings. The SMILES string of the molecule is ClCc1cnc2sccc2c1. The monoisotopic (exact) mass is 183 g/mol. The number of alkyl halides is 1. The van der Waals surface area contributed by atoms with Crippen LogP contribution in [0.15, 0.2) is 23.7 Å². The van der Waals surface area contributed by atoms with E-state index in [4.69, 9.17) is 11.6 Å². The molecule has 2 aromatic rings. The van der Waals surface area contributed by atoms with Gasteiger partial charge in [0.15, 0.2) is 0 Å². The first-order valence-electron chi connectivity index (χ1n) is 3.28. The second-order valence-electron chi connectivity index (χ2n) is 2.29. The molecular formula is C8H6ClNS. The maximum atomic E-state index is 5.66. The maximum absolute atomic E-state index is 5.66. The highest BCUT2D eigenvalue weighted by Crippen LogP contribution is 2.19. The number of hydrogen-bond donors (Lipinski definition) is 0. The van der Waals surface area contributed by atoms with E-state index in [9.17, 15) is 0 Å². The Morgan fingerprint density at radius 1 is 1.55 bits per heavy atom. The fourth-order valence-corrected chi connectivity index (χ4v) is 1.84. The molecule has 2 heterocycles. The third-order valence-electron chi connectivity index (χ3n) is 1.52. The largest absolute Gasteiger partial charge is 0.245 e. The van der Waals surface area contributed by atoms with Gasteiger partial charge in [0.1, 0.15) is 4.83 Å². The Balaban J connectivity index is 2.67. The Bertz CT molecular complexity index is 369. The van der Waals surface area contributed by atoms with Crippen molar-refractivity contribution in [3.8, 4) is 0 Å². The fraction of sp³-hybridized carbons (Fsp3) is 0.125. The lowest BCUT2D eigenvalue weighted by Crippen LogP contribution is -1.78. The molecule has 0 radical (unpaired) electrons. The van der Waals surface area contributed by atoms with Crippen molar-refractivity contribution in [2.24, 2.45) is 0 Å². The molecule has 0 atom stereocenters. The predicted octanol–water partition coefficient (Wildman–Crippen LogP) is 3.04. The van der Waals surface area contributed by atoms with E-state index in [1.54, 1.807) is 11.3 Å². The molecule has 0 saturated carbocycles. The number of aromatic nitrogens is 1. The van der Waals surface area contributed by atoms with Crippen molar-refractivity contribution in [1.29, 1.82) is 0 Å². The van der Waals surface area contributed by atoms with Crippen molar-refractivity contribution in [1.82, 2.24) is 4.98 Å². The van der Waals surface area contributed by atoms with Crippen molar-refractivity contribution in [2.75, 3.05) is 0 Å². The van der Waals surface area contributed by atoms with Gasteiger partial charge in [-0.05, 0) is 23.1 Å². The first-order chi connectivity index (χ1) is 5.40. The van der Waals surface area contributed by atoms with Crippen molar-refractivity contribution in [2.45, 2.75) is 5.88 Å². The molecule has 0 N–H and O–H groups in total. The highest BCUT2D eigenvalue weighted by molar-refractivity contribution is 7.16. The fourth-order valence-electron chi connectivity index (χ4n) is 0.978. The van der Waals surface area contributed by atoms with Gasteiger partial charge in [-0.15, -0.1) is 22.9 Å². The van der Waals surface area contributed by atoms with Crippen LogP contribution in [0.25, 0.3) is 10.2 Å². The molecule has 0 aliphatic heterocycles. The summed E-state index contributed by atoms with van der Waals surface area (Å²) >= 11 is 7.31. The van der Waals surface area contributed by atoms with Crippen LogP contribution in [0.3, 0.4) is 0 Å². The molecule has 3 heteroatoms. The Morgan fingerprint density at radius 2 is 2.45 bits per heavy atom. The minimum absolute atomic E-state index is 0.540. The lowest BCUT2D eigenvalue weighted by atomic mass is 10.2. The van der Waals surface area contributed by atoms with Gasteiger partial charge < -0.3 is 0 Å². The standard InChI is InChI=1S/C8H6ClNS/c9-4-6-3-7-1-2-11-8(7)10-5-6/h1-3,5H,4H2. The van der Waals surface area contributed by atoms with Gasteiger partial charge in [-0.1, -0.05) is 0 Å². The normalized spacial score (nSPS) is 10.6. The van der Waals surface area contributed by atoms with E-state index in [1.165, 1.54) is 5.39 Å². The summed E-state index contributed by atoms with van der Waals surface area (Å²) in [6.07, 6.45) is 1.83. The second-order valence-corrected chi connectivity index (χ2v) is 3.45. The molecule has 2 aromatic heterocycles. The van der Waals surface area contributed by atoms with Crippen LogP contribution in [0.1, 0.15) is 5.56 Å². The van der Waals surface area contributed by atoms with E-state index in [0.717, 1.165) is 10.4 Å². The summed E-state index contributed by atoms with van der Waals surface area (Å²) in [5, 5.41) is 3.23. The van der Waals surface area contributed by atoms with Crippen LogP contribution in [0, 0.1) is 0 Å². The average molecular weight is 184 g/mol. The molecule has 0 aromatic carbocycles. The van der Waals surface area contributed by atoms with E-state index in [2.05, 4.69) is 17.1 Å². The molecule has 0 fully saturated rings. The lowest BCUT2D eigenvalue weighted by molar-refractivity contribution is 1.32. The van der Waals surface area contributed by atoms with Crippen LogP contribution in [-0.4, -0.2) is 4.98 Å². The molecule has 2 rings (SSSR count). The topological polar surface area (TPSA) is 12.9 Å². The van der Waals surface area contributed by atoms with E-state index in [-0.39, 0.29) is 0 Å². The van der Waals surface area contributed by atoms with Crippen LogP contribution < -0.4 is 0 Å². The smallest absolute Gasteiger partial charge is 0.123 e. The van der Waals surface area contributed by atoms with E-state index in [1.807, 2.05) is 11.6 Å². The zero-order chi connectivity index (χ0) is 7.68. The Morgan fingerprint density at radius 3 is 3.27 bits per heavy atom. The number of nitrogens with zero attached hydrogens (tertiary/aromatic N) is 1. The van der Waals surface area contributed by atoms with Gasteiger partial charge in [-0.25, -0.2) is 4.98 Å². The van der Waals surface area contributed by atoms with Gasteiger partial charge in [0.2, 0.25) is 0 Å². The highest BCUT2D eigenvalue weighted by atomic mass is 35.5. The molecular weight excluding hydrogens is 178 g/mol. The van der Waals surface area contributed by atoms with Crippen LogP contribution >= 0.6 is 22.9 Å². The van der Waals surface area contributed by atoms with Gasteiger partial charge in [0, 0.05) is 17.5 Å². The van der Waals surface area contributed by atoms with Crippen LogP contribution in [0.4, 0.5) is 0 Å². The summed E-state index contributed by atoms with van der Waals surface area (Å²) in [6.45, 7) is 0. The minimum atomic E-state index is 0.540. The predicted molar refractivity (Wildman–Crippen MR) is 49.2 cm³/mol. The summed E-state index contributed by atoms with van der Waals surface area (Å²) in [6, 6.07) is 4.13. The zero-order valence-electron chi connectivity index (χ0n) is 5.75. The summed E-state index contributed by atoms with van der Waals surface area (Å²) in [4.78, 5) is 5.33. The van der Waals surface area contributed by atoms with E-state index < -0.39 is 0 Å². The average Bonchev–Trinajstić information content (AvgIpc) is 2.50. The zero-order valence-corrected chi connectivity index (χ0v) is 7.32. The van der Waals surface area contributed by atoms with Gasteiger partial charge in [0.25, 0.3) is 0 Å². The van der Waals surface area contributed by atoms with Gasteiger partial charge in [-0.3, -0.25) is 0 Å². The molecule has 0 unspecified atom stereocenters. The van der Waals surface area contributed by atoms with Crippen LogP contribution in [-0.2, 0) is 5.88 Å². The molecule has 0 spiro atoms. The Labute approximate surface area is 73.6 Å². The van der Waals surface area contributed by atoms with Crippen molar-refractivity contribution >= 4 is 33.2 Å². The quantitative estimate of drug-likeness (QED) is 0.620. The minimum Gasteiger partial charge on any atom is -0.245 e. The molecule has 11 heavy (non-hydrogen) atoms. The molecule has 0 bridgehead atoms. The van der Waals surface area contributed by atoms with Crippen molar-refractivity contribution < 1.29 is 0 Å². The first kappa shape index (κ1) is 7.07. The van der Waals surface area contributed by atoms with Gasteiger partial charge in [-0.2, -0.15) is 0 Å². The first-order valence-corrected chi connectivity index (χ1v) is 4.69. The molecule has 1 nitrogen and oxygen atoms in total. The van der Waals surface area contributed by atoms with Crippen LogP contribution in [0.5, 0.6) is 0 Å². The van der Waals surface area contributed by atoms with Crippen molar-refractivity contribution in [3.05, 3.63) is 29.3 Å². The third kappa shape index (κ3) is 1.24. The Kier molecular flexibility index (Phi) is 1.80. The summed E-state index contributed by atoms with van der Waals surface area (Å²) in [7, 11) is 0. The molecule has 0 amide bonds. The molecule has 56 valence electrons. The number of rotatable bonds is 1. The highest BCUT2D eigenvalue weighted by Gasteiger charge is 1.96. The lowest BCUT2D eigenvalue weighted by Gasteiger charge is -1.92. The number of halogens is 1. The van der Waals surface area contributed by atoms with Crippen LogP contribution in [0.2, 0.25) is 0 Å².